The van der Waals surface area contributed by atoms with Gasteiger partial charge in [-0.25, -0.2) is 23.1 Å². The molecule has 0 aliphatic carbocycles. The Balaban J connectivity index is 1.65. The predicted molar refractivity (Wildman–Crippen MR) is 117 cm³/mol. The highest BCUT2D eigenvalue weighted by Gasteiger charge is 2.15. The number of anilines is 3. The van der Waals surface area contributed by atoms with E-state index in [0.717, 1.165) is 0 Å². The van der Waals surface area contributed by atoms with Crippen molar-refractivity contribution in [1.82, 2.24) is 9.97 Å². The van der Waals surface area contributed by atoms with Crippen molar-refractivity contribution in [2.75, 3.05) is 15.4 Å². The molecule has 0 aliphatic rings. The Kier molecular flexibility index (Phi) is 6.18. The normalized spacial score (nSPS) is 10.8. The van der Waals surface area contributed by atoms with Crippen molar-refractivity contribution >= 4 is 50.4 Å². The number of hydrogen-bond donors (Lipinski definition) is 3. The van der Waals surface area contributed by atoms with E-state index < -0.39 is 14.9 Å². The van der Waals surface area contributed by atoms with E-state index in [4.69, 9.17) is 12.2 Å². The van der Waals surface area contributed by atoms with E-state index in [1.165, 1.54) is 36.7 Å². The van der Waals surface area contributed by atoms with E-state index in [1.807, 2.05) is 0 Å². The van der Waals surface area contributed by atoms with Gasteiger partial charge in [0.05, 0.1) is 9.82 Å². The number of nitrogens with zero attached hydrogens (tertiary/aromatic N) is 3. The minimum Gasteiger partial charge on any atom is -0.332 e. The molecule has 0 bridgehead atoms. The third-order valence-corrected chi connectivity index (χ3v) is 5.43. The molecule has 3 rings (SSSR count). The summed E-state index contributed by atoms with van der Waals surface area (Å²) in [7, 11) is -3.83. The molecule has 3 N–H and O–H groups in total. The van der Waals surface area contributed by atoms with Gasteiger partial charge in [0.15, 0.2) is 5.11 Å². The van der Waals surface area contributed by atoms with Gasteiger partial charge in [0, 0.05) is 35.9 Å². The molecule has 0 saturated carbocycles. The molecule has 1 heterocycles. The van der Waals surface area contributed by atoms with Gasteiger partial charge in [-0.3, -0.25) is 10.1 Å². The molecule has 0 amide bonds. The number of hydrogen-bond acceptors (Lipinski definition) is 7. The lowest BCUT2D eigenvalue weighted by Crippen LogP contribution is -2.20. The van der Waals surface area contributed by atoms with Crippen LogP contribution in [0.25, 0.3) is 0 Å². The van der Waals surface area contributed by atoms with Crippen LogP contribution in [0.5, 0.6) is 0 Å². The molecule has 3 aromatic rings. The van der Waals surface area contributed by atoms with E-state index in [0.29, 0.717) is 16.9 Å². The van der Waals surface area contributed by atoms with Crippen LogP contribution in [0.1, 0.15) is 5.56 Å². The van der Waals surface area contributed by atoms with Crippen molar-refractivity contribution in [3.05, 3.63) is 76.6 Å². The number of nitro groups is 1. The first-order valence-corrected chi connectivity index (χ1v) is 10.4. The number of aromatic nitrogens is 2. The van der Waals surface area contributed by atoms with Crippen LogP contribution in [-0.2, 0) is 10.0 Å². The van der Waals surface area contributed by atoms with Crippen LogP contribution in [0.3, 0.4) is 0 Å². The fraction of sp³-hybridized carbons (Fsp3) is 0.0556. The van der Waals surface area contributed by atoms with Gasteiger partial charge in [-0.2, -0.15) is 0 Å². The molecule has 10 nitrogen and oxygen atoms in total. The summed E-state index contributed by atoms with van der Waals surface area (Å²) in [6.07, 6.45) is 2.86. The van der Waals surface area contributed by atoms with Crippen LogP contribution in [0.2, 0.25) is 0 Å². The Labute approximate surface area is 177 Å². The van der Waals surface area contributed by atoms with Crippen LogP contribution in [-0.4, -0.2) is 28.4 Å². The second-order valence-corrected chi connectivity index (χ2v) is 8.13. The van der Waals surface area contributed by atoms with Crippen molar-refractivity contribution in [3.63, 3.8) is 0 Å². The molecular formula is C18H16N6O4S2. The number of non-ortho nitro benzene ring substituents is 1. The molecule has 154 valence electrons. The van der Waals surface area contributed by atoms with Crippen LogP contribution >= 0.6 is 12.2 Å². The molecule has 0 aliphatic heterocycles. The van der Waals surface area contributed by atoms with Gasteiger partial charge in [0.2, 0.25) is 5.95 Å². The standard InChI is InChI=1S/C18H16N6O4S2/c1-12-11-14(24(25)26)5-8-16(12)22-18(29)21-13-3-6-15(7-4-13)30(27,28)23-17-19-9-2-10-20-17/h2-11H,1H3,(H,19,20,23)(H2,21,22,29). The fourth-order valence-corrected chi connectivity index (χ4v) is 3.62. The Morgan fingerprint density at radius 1 is 1.07 bits per heavy atom. The van der Waals surface area contributed by atoms with Crippen LogP contribution < -0.4 is 15.4 Å². The van der Waals surface area contributed by atoms with E-state index in [2.05, 4.69) is 25.3 Å². The van der Waals surface area contributed by atoms with Crippen LogP contribution in [0.15, 0.2) is 65.8 Å². The quantitative estimate of drug-likeness (QED) is 0.297. The van der Waals surface area contributed by atoms with Crippen LogP contribution in [0, 0.1) is 17.0 Å². The Morgan fingerprint density at radius 3 is 2.33 bits per heavy atom. The summed E-state index contributed by atoms with van der Waals surface area (Å²) < 4.78 is 27.1. The molecule has 1 aromatic heterocycles. The van der Waals surface area contributed by atoms with Crippen molar-refractivity contribution in [2.45, 2.75) is 11.8 Å². The summed E-state index contributed by atoms with van der Waals surface area (Å²) in [6, 6.07) is 11.9. The number of aryl methyl sites for hydroxylation is 1. The number of thiocarbonyl (C=S) groups is 1. The molecule has 0 atom stereocenters. The van der Waals surface area contributed by atoms with Crippen molar-refractivity contribution in [2.24, 2.45) is 0 Å². The highest BCUT2D eigenvalue weighted by Crippen LogP contribution is 2.22. The lowest BCUT2D eigenvalue weighted by atomic mass is 10.2. The Morgan fingerprint density at radius 2 is 1.73 bits per heavy atom. The lowest BCUT2D eigenvalue weighted by Gasteiger charge is -2.13. The number of sulfonamides is 1. The summed E-state index contributed by atoms with van der Waals surface area (Å²) in [5, 5.41) is 17.0. The lowest BCUT2D eigenvalue weighted by molar-refractivity contribution is -0.384. The van der Waals surface area contributed by atoms with E-state index in [-0.39, 0.29) is 21.6 Å². The highest BCUT2D eigenvalue weighted by molar-refractivity contribution is 7.92. The average molecular weight is 444 g/mol. The first kappa shape index (κ1) is 21.1. The second kappa shape index (κ2) is 8.80. The van der Waals surface area contributed by atoms with Gasteiger partial charge in [-0.05, 0) is 61.1 Å². The van der Waals surface area contributed by atoms with Gasteiger partial charge < -0.3 is 10.6 Å². The SMILES string of the molecule is Cc1cc([N+](=O)[O-])ccc1NC(=S)Nc1ccc(S(=O)(=O)Nc2ncccn2)cc1. The van der Waals surface area contributed by atoms with E-state index in [1.54, 1.807) is 31.2 Å². The van der Waals surface area contributed by atoms with Gasteiger partial charge >= 0.3 is 0 Å². The summed E-state index contributed by atoms with van der Waals surface area (Å²) in [5.41, 5.74) is 1.82. The van der Waals surface area contributed by atoms with Crippen molar-refractivity contribution in [1.29, 1.82) is 0 Å². The van der Waals surface area contributed by atoms with Crippen molar-refractivity contribution < 1.29 is 13.3 Å². The van der Waals surface area contributed by atoms with Gasteiger partial charge in [0.1, 0.15) is 0 Å². The maximum atomic E-state index is 12.4. The maximum Gasteiger partial charge on any atom is 0.269 e. The molecule has 0 fully saturated rings. The van der Waals surface area contributed by atoms with Gasteiger partial charge in [0.25, 0.3) is 15.7 Å². The van der Waals surface area contributed by atoms with Gasteiger partial charge in [-0.1, -0.05) is 0 Å². The molecule has 12 heteroatoms. The third kappa shape index (κ3) is 5.24. The Bertz CT molecular complexity index is 1190. The number of rotatable bonds is 6. The summed E-state index contributed by atoms with van der Waals surface area (Å²) in [4.78, 5) is 18.0. The third-order valence-electron chi connectivity index (χ3n) is 3.88. The topological polar surface area (TPSA) is 139 Å². The second-order valence-electron chi connectivity index (χ2n) is 6.04. The fourth-order valence-electron chi connectivity index (χ4n) is 2.43. The average Bonchev–Trinajstić information content (AvgIpc) is 2.70. The van der Waals surface area contributed by atoms with Crippen molar-refractivity contribution in [3.8, 4) is 0 Å². The molecule has 30 heavy (non-hydrogen) atoms. The molecule has 2 aromatic carbocycles. The molecule has 0 unspecified atom stereocenters. The summed E-state index contributed by atoms with van der Waals surface area (Å²) in [5.74, 6) is -0.0245. The Hall–Kier alpha value is -3.64. The van der Waals surface area contributed by atoms with E-state index >= 15 is 0 Å². The largest absolute Gasteiger partial charge is 0.332 e. The number of nitro benzene ring substituents is 1. The minimum absolute atomic E-state index is 0.0109. The first-order chi connectivity index (χ1) is 14.2. The smallest absolute Gasteiger partial charge is 0.269 e. The zero-order valence-corrected chi connectivity index (χ0v) is 17.2. The van der Waals surface area contributed by atoms with Crippen LogP contribution in [0.4, 0.5) is 23.0 Å². The predicted octanol–water partition coefficient (Wildman–Crippen LogP) is 3.30. The monoisotopic (exact) mass is 444 g/mol. The number of nitrogens with one attached hydrogen (secondary N) is 3. The zero-order chi connectivity index (χ0) is 21.7. The van der Waals surface area contributed by atoms with Gasteiger partial charge in [-0.15, -0.1) is 0 Å². The minimum atomic E-state index is -3.83. The molecule has 0 spiro atoms. The van der Waals surface area contributed by atoms with E-state index in [9.17, 15) is 18.5 Å². The zero-order valence-electron chi connectivity index (χ0n) is 15.6. The molecular weight excluding hydrogens is 428 g/mol. The summed E-state index contributed by atoms with van der Waals surface area (Å²) >= 11 is 5.25. The molecule has 0 radical (unpaired) electrons. The number of benzene rings is 2. The maximum absolute atomic E-state index is 12.4. The highest BCUT2D eigenvalue weighted by atomic mass is 32.2. The first-order valence-electron chi connectivity index (χ1n) is 8.47. The molecule has 0 saturated heterocycles. The summed E-state index contributed by atoms with van der Waals surface area (Å²) in [6.45, 7) is 1.72.